The van der Waals surface area contributed by atoms with Crippen molar-refractivity contribution in [2.45, 2.75) is 31.2 Å². The lowest BCUT2D eigenvalue weighted by Crippen LogP contribution is -2.42. The van der Waals surface area contributed by atoms with E-state index in [1.807, 2.05) is 30.3 Å². The predicted molar refractivity (Wildman–Crippen MR) is 126 cm³/mol. The van der Waals surface area contributed by atoms with Gasteiger partial charge in [-0.05, 0) is 30.5 Å². The average Bonchev–Trinajstić information content (AvgIpc) is 2.84. The average molecular weight is 568 g/mol. The summed E-state index contributed by atoms with van der Waals surface area (Å²) >= 11 is 0. The van der Waals surface area contributed by atoms with Crippen LogP contribution in [0.4, 0.5) is 26.3 Å². The summed E-state index contributed by atoms with van der Waals surface area (Å²) in [5.41, 5.74) is 13.0. The smallest absolute Gasteiger partial charge is 0.490 e. The number of rotatable bonds is 9. The largest absolute Gasteiger partial charge is 0.494 e. The highest BCUT2D eigenvalue weighted by molar-refractivity contribution is 5.95. The molecule has 0 spiro atoms. The van der Waals surface area contributed by atoms with Crippen molar-refractivity contribution in [2.75, 3.05) is 13.2 Å². The van der Waals surface area contributed by atoms with E-state index in [-0.39, 0.29) is 11.7 Å². The van der Waals surface area contributed by atoms with Gasteiger partial charge >= 0.3 is 24.3 Å². The van der Waals surface area contributed by atoms with Crippen LogP contribution in [0.1, 0.15) is 17.5 Å². The summed E-state index contributed by atoms with van der Waals surface area (Å²) in [5.74, 6) is -5.02. The van der Waals surface area contributed by atoms with Crippen molar-refractivity contribution in [3.63, 3.8) is 0 Å². The Balaban J connectivity index is 0.000000848. The Morgan fingerprint density at radius 1 is 0.923 bits per heavy atom. The first-order chi connectivity index (χ1) is 17.9. The van der Waals surface area contributed by atoms with Gasteiger partial charge in [0.2, 0.25) is 5.91 Å². The third-order valence-electron chi connectivity index (χ3n) is 4.15. The number of amidine groups is 1. The van der Waals surface area contributed by atoms with Crippen molar-refractivity contribution in [3.05, 3.63) is 65.7 Å². The molecule has 0 fully saturated rings. The van der Waals surface area contributed by atoms with Crippen molar-refractivity contribution >= 4 is 23.7 Å². The minimum absolute atomic E-state index is 0.00474. The second-order valence-electron chi connectivity index (χ2n) is 7.34. The maximum absolute atomic E-state index is 12.0. The van der Waals surface area contributed by atoms with Crippen LogP contribution in [0.25, 0.3) is 0 Å². The Morgan fingerprint density at radius 2 is 1.44 bits per heavy atom. The van der Waals surface area contributed by atoms with Gasteiger partial charge in [0.1, 0.15) is 11.6 Å². The van der Waals surface area contributed by atoms with Gasteiger partial charge in [-0.2, -0.15) is 26.3 Å². The van der Waals surface area contributed by atoms with Crippen molar-refractivity contribution in [1.29, 1.82) is 5.41 Å². The normalized spacial score (nSPS) is 11.5. The van der Waals surface area contributed by atoms with E-state index in [9.17, 15) is 31.1 Å². The molecular weight excluding hydrogens is 542 g/mol. The molecule has 216 valence electrons. The molecule has 0 aromatic heterocycles. The van der Waals surface area contributed by atoms with Crippen LogP contribution in [0.2, 0.25) is 0 Å². The second kappa shape index (κ2) is 16.5. The number of aliphatic carboxylic acids is 2. The van der Waals surface area contributed by atoms with Crippen molar-refractivity contribution in [2.24, 2.45) is 11.5 Å². The number of ether oxygens (including phenoxy) is 1. The second-order valence-corrected chi connectivity index (χ2v) is 7.34. The van der Waals surface area contributed by atoms with Crippen LogP contribution in [0.15, 0.2) is 54.6 Å². The zero-order valence-corrected chi connectivity index (χ0v) is 20.1. The summed E-state index contributed by atoms with van der Waals surface area (Å²) in [4.78, 5) is 29.8. The van der Waals surface area contributed by atoms with E-state index in [4.69, 9.17) is 41.4 Å². The molecule has 0 unspecified atom stereocenters. The number of alkyl halides is 6. The van der Waals surface area contributed by atoms with Crippen molar-refractivity contribution in [3.8, 4) is 5.75 Å². The molecule has 2 rings (SSSR count). The third kappa shape index (κ3) is 16.2. The van der Waals surface area contributed by atoms with E-state index < -0.39 is 30.3 Å². The SMILES string of the molecule is N=C(N)c1cccc(OCCCNC(=O)[C@H](N)Cc2ccccc2)c1.O=C(O)C(F)(F)F.O=C(O)C(F)(F)F. The predicted octanol–water partition coefficient (Wildman–Crippen LogP) is 2.69. The number of carboxylic acids is 2. The van der Waals surface area contributed by atoms with Crippen LogP contribution < -0.4 is 21.5 Å². The molecule has 2 aromatic carbocycles. The van der Waals surface area contributed by atoms with Gasteiger partial charge < -0.3 is 31.7 Å². The summed E-state index contributed by atoms with van der Waals surface area (Å²) < 4.78 is 69.1. The Labute approximate surface area is 218 Å². The molecule has 0 bridgehead atoms. The van der Waals surface area contributed by atoms with Gasteiger partial charge in [0.25, 0.3) is 0 Å². The molecule has 16 heteroatoms. The molecular formula is C23H26F6N4O6. The number of nitrogen functional groups attached to an aromatic ring is 1. The standard InChI is InChI=1S/C19H24N4O2.2C2HF3O2/c20-17(12-14-6-2-1-3-7-14)19(24)23-10-5-11-25-16-9-4-8-15(13-16)18(21)22;2*3-2(4,5)1(6)7/h1-4,6-9,13,17H,5,10-12,20H2,(H3,21,22)(H,23,24);2*(H,6,7)/t17-;;/m1../s1. The van der Waals surface area contributed by atoms with Gasteiger partial charge in [0.15, 0.2) is 0 Å². The number of carboxylic acid groups (broad SMARTS) is 2. The van der Waals surface area contributed by atoms with Crippen LogP contribution in [0.3, 0.4) is 0 Å². The first kappa shape index (κ1) is 34.7. The molecule has 0 aliphatic carbocycles. The minimum Gasteiger partial charge on any atom is -0.494 e. The highest BCUT2D eigenvalue weighted by atomic mass is 19.4. The summed E-state index contributed by atoms with van der Waals surface area (Å²) in [6.07, 6.45) is -8.99. The van der Waals surface area contributed by atoms with Crippen molar-refractivity contribution < 1.29 is 55.7 Å². The van der Waals surface area contributed by atoms with Crippen LogP contribution in [-0.4, -0.2) is 65.4 Å². The Bertz CT molecular complexity index is 1060. The summed E-state index contributed by atoms with van der Waals surface area (Å²) in [6, 6.07) is 16.2. The maximum Gasteiger partial charge on any atom is 0.490 e. The molecule has 8 N–H and O–H groups in total. The first-order valence-electron chi connectivity index (χ1n) is 10.7. The lowest BCUT2D eigenvalue weighted by Gasteiger charge is -2.13. The number of nitrogens with one attached hydrogen (secondary N) is 2. The Kier molecular flexibility index (Phi) is 14.7. The number of benzene rings is 2. The first-order valence-corrected chi connectivity index (χ1v) is 10.7. The fraction of sp³-hybridized carbons (Fsp3) is 0.304. The molecule has 0 aliphatic heterocycles. The van der Waals surface area contributed by atoms with Gasteiger partial charge in [-0.1, -0.05) is 42.5 Å². The number of hydrogen-bond acceptors (Lipinski definition) is 6. The number of amides is 1. The lowest BCUT2D eigenvalue weighted by atomic mass is 10.1. The van der Waals surface area contributed by atoms with E-state index >= 15 is 0 Å². The summed E-state index contributed by atoms with van der Waals surface area (Å²) in [6.45, 7) is 0.948. The van der Waals surface area contributed by atoms with Gasteiger partial charge in [-0.3, -0.25) is 10.2 Å². The van der Waals surface area contributed by atoms with Gasteiger partial charge in [0, 0.05) is 12.1 Å². The zero-order valence-electron chi connectivity index (χ0n) is 20.1. The molecule has 0 aliphatic rings. The van der Waals surface area contributed by atoms with E-state index in [1.54, 1.807) is 24.3 Å². The van der Waals surface area contributed by atoms with E-state index in [0.717, 1.165) is 5.56 Å². The van der Waals surface area contributed by atoms with Crippen molar-refractivity contribution in [1.82, 2.24) is 5.32 Å². The fourth-order valence-corrected chi connectivity index (χ4v) is 2.32. The topological polar surface area (TPSA) is 189 Å². The molecule has 0 radical (unpaired) electrons. The molecule has 0 heterocycles. The van der Waals surface area contributed by atoms with Crippen LogP contribution in [-0.2, 0) is 20.8 Å². The quantitative estimate of drug-likeness (QED) is 0.115. The number of carbonyl (C=O) groups is 3. The van der Waals surface area contributed by atoms with Gasteiger partial charge in [-0.25, -0.2) is 9.59 Å². The number of carbonyl (C=O) groups excluding carboxylic acids is 1. The number of hydrogen-bond donors (Lipinski definition) is 6. The molecule has 1 amide bonds. The lowest BCUT2D eigenvalue weighted by molar-refractivity contribution is -0.193. The summed E-state index contributed by atoms with van der Waals surface area (Å²) in [5, 5.41) is 24.5. The van der Waals surface area contributed by atoms with E-state index in [1.165, 1.54) is 0 Å². The minimum atomic E-state index is -5.08. The molecule has 0 saturated heterocycles. The monoisotopic (exact) mass is 568 g/mol. The zero-order chi connectivity index (χ0) is 30.2. The van der Waals surface area contributed by atoms with Crippen LogP contribution >= 0.6 is 0 Å². The highest BCUT2D eigenvalue weighted by Crippen LogP contribution is 2.14. The maximum atomic E-state index is 12.0. The molecule has 1 atom stereocenters. The van der Waals surface area contributed by atoms with E-state index in [0.29, 0.717) is 37.3 Å². The van der Waals surface area contributed by atoms with Crippen LogP contribution in [0.5, 0.6) is 5.75 Å². The van der Waals surface area contributed by atoms with Gasteiger partial charge in [0.05, 0.1) is 12.6 Å². The molecule has 39 heavy (non-hydrogen) atoms. The Hall–Kier alpha value is -4.34. The van der Waals surface area contributed by atoms with Gasteiger partial charge in [-0.15, -0.1) is 0 Å². The highest BCUT2D eigenvalue weighted by Gasteiger charge is 2.38. The van der Waals surface area contributed by atoms with Crippen LogP contribution in [0, 0.1) is 5.41 Å². The Morgan fingerprint density at radius 3 is 1.90 bits per heavy atom. The number of halogens is 6. The number of nitrogens with two attached hydrogens (primary N) is 2. The molecule has 2 aromatic rings. The molecule has 0 saturated carbocycles. The fourth-order valence-electron chi connectivity index (χ4n) is 2.32. The van der Waals surface area contributed by atoms with E-state index in [2.05, 4.69) is 5.32 Å². The third-order valence-corrected chi connectivity index (χ3v) is 4.15. The molecule has 10 nitrogen and oxygen atoms in total. The summed E-state index contributed by atoms with van der Waals surface area (Å²) in [7, 11) is 0.